The average Bonchev–Trinajstić information content (AvgIpc) is 3.32. The predicted molar refractivity (Wildman–Crippen MR) is 208 cm³/mol. The van der Waals surface area contributed by atoms with Gasteiger partial charge in [0.15, 0.2) is 0 Å². The summed E-state index contributed by atoms with van der Waals surface area (Å²) >= 11 is 0. The fourth-order valence-corrected chi connectivity index (χ4v) is 7.76. The van der Waals surface area contributed by atoms with Crippen LogP contribution in [0.4, 0.5) is 5.69 Å². The summed E-state index contributed by atoms with van der Waals surface area (Å²) in [5, 5.41) is 11.9. The van der Waals surface area contributed by atoms with Gasteiger partial charge in [-0.25, -0.2) is 4.98 Å². The van der Waals surface area contributed by atoms with E-state index in [1.807, 2.05) is 18.2 Å². The molecule has 1 aromatic heterocycles. The first kappa shape index (κ1) is 33.8. The van der Waals surface area contributed by atoms with Gasteiger partial charge in [-0.15, -0.1) is 0 Å². The van der Waals surface area contributed by atoms with E-state index in [2.05, 4.69) is 129 Å². The minimum absolute atomic E-state index is 0.0889. The lowest BCUT2D eigenvalue weighted by Gasteiger charge is -2.35. The Labute approximate surface area is 298 Å². The molecule has 7 rings (SSSR count). The molecule has 0 radical (unpaired) electrons. The van der Waals surface area contributed by atoms with Crippen molar-refractivity contribution in [3.63, 3.8) is 0 Å². The molecule has 1 aliphatic carbocycles. The van der Waals surface area contributed by atoms with Gasteiger partial charge in [-0.05, 0) is 139 Å². The van der Waals surface area contributed by atoms with Crippen molar-refractivity contribution in [1.82, 2.24) is 4.98 Å². The molecule has 0 saturated heterocycles. The zero-order valence-corrected chi connectivity index (χ0v) is 31.4. The van der Waals surface area contributed by atoms with E-state index in [0.29, 0.717) is 17.1 Å². The van der Waals surface area contributed by atoms with Crippen LogP contribution in [0.25, 0.3) is 10.9 Å². The van der Waals surface area contributed by atoms with E-state index in [1.54, 1.807) is 0 Å². The summed E-state index contributed by atoms with van der Waals surface area (Å²) in [4.78, 5) is 13.0. The van der Waals surface area contributed by atoms with Crippen LogP contribution in [-0.2, 0) is 17.3 Å². The Morgan fingerprint density at radius 1 is 0.780 bits per heavy atom. The summed E-state index contributed by atoms with van der Waals surface area (Å²) in [5.74, 6) is 2.30. The summed E-state index contributed by atoms with van der Waals surface area (Å²) in [6.45, 7) is 22.1. The largest absolute Gasteiger partial charge is 0.506 e. The van der Waals surface area contributed by atoms with E-state index in [-0.39, 0.29) is 28.7 Å². The molecule has 1 aliphatic heterocycles. The Hall–Kier alpha value is -4.64. The fraction of sp³-hybridized carbons (Fsp3) is 0.378. The number of ether oxygens (including phenoxy) is 1. The highest BCUT2D eigenvalue weighted by Crippen LogP contribution is 2.47. The number of benzene rings is 4. The molecule has 50 heavy (non-hydrogen) atoms. The first-order chi connectivity index (χ1) is 23.6. The molecule has 0 spiro atoms. The van der Waals surface area contributed by atoms with Gasteiger partial charge in [-0.2, -0.15) is 0 Å². The molecule has 0 fully saturated rings. The quantitative estimate of drug-likeness (QED) is 0.208. The number of aromatic nitrogens is 1. The molecule has 5 nitrogen and oxygen atoms in total. The lowest BCUT2D eigenvalue weighted by Crippen LogP contribution is -2.35. The molecule has 5 aromatic rings. The van der Waals surface area contributed by atoms with Crippen LogP contribution in [0.15, 0.2) is 77.8 Å². The lowest BCUT2D eigenvalue weighted by atomic mass is 9.85. The van der Waals surface area contributed by atoms with Crippen LogP contribution in [-0.4, -0.2) is 22.0 Å². The molecule has 0 unspecified atom stereocenters. The third kappa shape index (κ3) is 6.05. The number of phenolic OH excluding ortho intramolecular Hbond substituents is 1. The number of hydrogen-bond acceptors (Lipinski definition) is 5. The van der Waals surface area contributed by atoms with Gasteiger partial charge in [0.2, 0.25) is 5.88 Å². The van der Waals surface area contributed by atoms with Crippen LogP contribution >= 0.6 is 0 Å². The number of nitrogens with zero attached hydrogens (tertiary/aromatic N) is 3. The highest BCUT2D eigenvalue weighted by atomic mass is 16.5. The first-order valence-corrected chi connectivity index (χ1v) is 18.1. The van der Waals surface area contributed by atoms with E-state index in [0.717, 1.165) is 47.2 Å². The first-order valence-electron chi connectivity index (χ1n) is 18.1. The monoisotopic (exact) mass is 665 g/mol. The van der Waals surface area contributed by atoms with E-state index in [1.165, 1.54) is 39.1 Å². The zero-order chi connectivity index (χ0) is 35.7. The molecule has 0 bridgehead atoms. The molecular weight excluding hydrogens is 615 g/mol. The number of anilines is 1. The van der Waals surface area contributed by atoms with Crippen molar-refractivity contribution in [3.8, 4) is 17.4 Å². The summed E-state index contributed by atoms with van der Waals surface area (Å²) in [5.41, 5.74) is 12.8. The lowest BCUT2D eigenvalue weighted by molar-refractivity contribution is 0.456. The second-order valence-electron chi connectivity index (χ2n) is 16.6. The van der Waals surface area contributed by atoms with Crippen LogP contribution < -0.4 is 9.64 Å². The normalized spacial score (nSPS) is 17.7. The van der Waals surface area contributed by atoms with Gasteiger partial charge < -0.3 is 14.7 Å². The molecule has 0 amide bonds. The van der Waals surface area contributed by atoms with Crippen molar-refractivity contribution >= 4 is 22.4 Å². The van der Waals surface area contributed by atoms with Crippen molar-refractivity contribution in [2.45, 2.75) is 111 Å². The van der Waals surface area contributed by atoms with E-state index in [4.69, 9.17) is 14.7 Å². The molecule has 2 aliphatic rings. The van der Waals surface area contributed by atoms with Crippen LogP contribution in [0.2, 0.25) is 0 Å². The minimum Gasteiger partial charge on any atom is -0.506 e. The summed E-state index contributed by atoms with van der Waals surface area (Å²) in [7, 11) is 0. The molecule has 1 N–H and O–H groups in total. The van der Waals surface area contributed by atoms with Gasteiger partial charge in [-0.1, -0.05) is 71.9 Å². The summed E-state index contributed by atoms with van der Waals surface area (Å²) in [6, 6.07) is 25.9. The standard InChI is InChI=1S/C45H51N3O2/c1-26-20-27(2)29(4)41(28(26)3)48-42-36-16-12-11-14-30(36)15-13-17-37(42)46-43(48)32-22-33(44(5,6)7)24-35(23-32)50-39-19-18-31-21-34(45(8,9)10)25-38(49)40(31)47-39/h11-12,14,16,18-25,37,42,49H,13,15,17H2,1-10H3/t37-,42+/m0/s1. The SMILES string of the molecule is Cc1cc(C)c(C)c(N2C(c3cc(Oc4ccc5cc(C(C)(C)C)cc(O)c5n4)cc(C(C)(C)C)c3)=N[C@H]3CCCc4ccccc4[C@H]32)c1C. The Bertz CT molecular complexity index is 2140. The van der Waals surface area contributed by atoms with Gasteiger partial charge in [0.1, 0.15) is 22.9 Å². The molecule has 0 saturated carbocycles. The van der Waals surface area contributed by atoms with Gasteiger partial charge in [0, 0.05) is 22.7 Å². The van der Waals surface area contributed by atoms with Gasteiger partial charge in [-0.3, -0.25) is 4.99 Å². The third-order valence-corrected chi connectivity index (χ3v) is 10.9. The fourth-order valence-electron chi connectivity index (χ4n) is 7.76. The number of aromatic hydroxyl groups is 1. The maximum atomic E-state index is 11.0. The molecule has 2 heterocycles. The van der Waals surface area contributed by atoms with Crippen molar-refractivity contribution in [1.29, 1.82) is 0 Å². The maximum Gasteiger partial charge on any atom is 0.219 e. The average molecular weight is 666 g/mol. The van der Waals surface area contributed by atoms with E-state index >= 15 is 0 Å². The zero-order valence-electron chi connectivity index (χ0n) is 31.4. The smallest absolute Gasteiger partial charge is 0.219 e. The predicted octanol–water partition coefficient (Wildman–Crippen LogP) is 11.3. The van der Waals surface area contributed by atoms with Gasteiger partial charge in [0.05, 0.1) is 12.1 Å². The number of aryl methyl sites for hydroxylation is 3. The minimum atomic E-state index is -0.140. The topological polar surface area (TPSA) is 58.0 Å². The van der Waals surface area contributed by atoms with Crippen molar-refractivity contribution in [2.24, 2.45) is 4.99 Å². The second-order valence-corrected chi connectivity index (χ2v) is 16.6. The Morgan fingerprint density at radius 3 is 2.16 bits per heavy atom. The molecule has 5 heteroatoms. The number of hydrogen-bond donors (Lipinski definition) is 1. The van der Waals surface area contributed by atoms with E-state index in [9.17, 15) is 5.11 Å². The Morgan fingerprint density at radius 2 is 1.46 bits per heavy atom. The number of rotatable bonds is 4. The molecule has 4 aromatic carbocycles. The van der Waals surface area contributed by atoms with Gasteiger partial charge in [0.25, 0.3) is 0 Å². The molecular formula is C45H51N3O2. The van der Waals surface area contributed by atoms with Crippen LogP contribution in [0.3, 0.4) is 0 Å². The number of phenols is 1. The Balaban J connectivity index is 1.38. The summed E-state index contributed by atoms with van der Waals surface area (Å²) < 4.78 is 6.60. The highest BCUT2D eigenvalue weighted by molar-refractivity contribution is 6.13. The van der Waals surface area contributed by atoms with Gasteiger partial charge >= 0.3 is 0 Å². The second kappa shape index (κ2) is 12.3. The molecule has 258 valence electrons. The number of fused-ring (bicyclic) bond motifs is 4. The van der Waals surface area contributed by atoms with Crippen LogP contribution in [0, 0.1) is 27.7 Å². The van der Waals surface area contributed by atoms with E-state index < -0.39 is 0 Å². The number of pyridine rings is 1. The highest BCUT2D eigenvalue weighted by Gasteiger charge is 2.42. The Kier molecular flexibility index (Phi) is 8.32. The van der Waals surface area contributed by atoms with Crippen molar-refractivity contribution in [2.75, 3.05) is 4.90 Å². The number of aliphatic imine (C=N–C) groups is 1. The van der Waals surface area contributed by atoms with Crippen LogP contribution in [0.1, 0.15) is 110 Å². The summed E-state index contributed by atoms with van der Waals surface area (Å²) in [6.07, 6.45) is 3.23. The van der Waals surface area contributed by atoms with Crippen LogP contribution in [0.5, 0.6) is 17.4 Å². The van der Waals surface area contributed by atoms with Crippen molar-refractivity contribution < 1.29 is 9.84 Å². The van der Waals surface area contributed by atoms with Crippen molar-refractivity contribution in [3.05, 3.63) is 123 Å². The maximum absolute atomic E-state index is 11.0. The number of amidine groups is 1. The third-order valence-electron chi connectivity index (χ3n) is 10.9. The molecule has 2 atom stereocenters.